The van der Waals surface area contributed by atoms with E-state index in [0.29, 0.717) is 6.07 Å². The largest absolute Gasteiger partial charge is 0.433 e. The van der Waals surface area contributed by atoms with Gasteiger partial charge in [-0.3, -0.25) is 9.00 Å². The van der Waals surface area contributed by atoms with Crippen LogP contribution in [0.15, 0.2) is 65.5 Å². The number of aromatic amines is 1. The fourth-order valence-electron chi connectivity index (χ4n) is 2.54. The molecule has 3 rings (SSSR count). The van der Waals surface area contributed by atoms with Crippen LogP contribution in [0.4, 0.5) is 13.2 Å². The van der Waals surface area contributed by atoms with E-state index in [1.165, 1.54) is 0 Å². The molecule has 8 heteroatoms. The molecule has 27 heavy (non-hydrogen) atoms. The average molecular weight is 392 g/mol. The zero-order chi connectivity index (χ0) is 19.4. The van der Waals surface area contributed by atoms with Gasteiger partial charge in [0.1, 0.15) is 5.82 Å². The minimum Gasteiger partial charge on any atom is -0.310 e. The minimum atomic E-state index is -4.72. The van der Waals surface area contributed by atoms with Crippen LogP contribution in [-0.4, -0.2) is 14.2 Å². The Morgan fingerprint density at radius 2 is 1.56 bits per heavy atom. The number of hydrogen-bond donors (Lipinski definition) is 1. The van der Waals surface area contributed by atoms with Crippen molar-refractivity contribution in [2.75, 3.05) is 0 Å². The first-order chi connectivity index (χ1) is 12.8. The molecule has 1 atom stereocenters. The summed E-state index contributed by atoms with van der Waals surface area (Å²) in [5, 5.41) is 0. The molecule has 0 spiro atoms. The van der Waals surface area contributed by atoms with Crippen molar-refractivity contribution < 1.29 is 17.4 Å². The average Bonchev–Trinajstić information content (AvgIpc) is 2.62. The fraction of sp³-hybridized carbons (Fsp3) is 0.158. The second kappa shape index (κ2) is 7.87. The number of alkyl halides is 3. The summed E-state index contributed by atoms with van der Waals surface area (Å²) in [5.74, 6) is -0.358. The molecule has 140 valence electrons. The Morgan fingerprint density at radius 3 is 2.19 bits per heavy atom. The van der Waals surface area contributed by atoms with E-state index in [1.54, 1.807) is 0 Å². The maximum atomic E-state index is 12.7. The molecule has 3 aromatic rings. The van der Waals surface area contributed by atoms with Crippen LogP contribution in [0.1, 0.15) is 17.1 Å². The predicted octanol–water partition coefficient (Wildman–Crippen LogP) is 3.90. The van der Waals surface area contributed by atoms with Crippen molar-refractivity contribution in [2.24, 2.45) is 0 Å². The standard InChI is InChI=1S/C19H15F3N2O2S/c20-19(21,22)16-10-18(25)24-17(23-16)12-27(26)11-13-6-8-15(9-7-13)14-4-2-1-3-5-14/h1-10H,11-12H2,(H,23,24,25)/t27-/m0/s1. The Labute approximate surface area is 155 Å². The number of benzene rings is 2. The summed E-state index contributed by atoms with van der Waals surface area (Å²) < 4.78 is 50.4. The zero-order valence-electron chi connectivity index (χ0n) is 14.0. The smallest absolute Gasteiger partial charge is 0.310 e. The van der Waals surface area contributed by atoms with Crippen molar-refractivity contribution in [3.63, 3.8) is 0 Å². The van der Waals surface area contributed by atoms with Gasteiger partial charge in [-0.1, -0.05) is 54.6 Å². The first-order valence-corrected chi connectivity index (χ1v) is 9.47. The molecule has 0 amide bonds. The zero-order valence-corrected chi connectivity index (χ0v) is 14.8. The molecule has 1 heterocycles. The van der Waals surface area contributed by atoms with E-state index < -0.39 is 28.2 Å². The molecule has 0 unspecified atom stereocenters. The van der Waals surface area contributed by atoms with Gasteiger partial charge >= 0.3 is 6.18 Å². The fourth-order valence-corrected chi connectivity index (χ4v) is 3.64. The summed E-state index contributed by atoms with van der Waals surface area (Å²) in [4.78, 5) is 16.9. The molecule has 1 N–H and O–H groups in total. The molecule has 0 aliphatic rings. The number of rotatable bonds is 5. The molecule has 0 aliphatic heterocycles. The summed E-state index contributed by atoms with van der Waals surface area (Å²) in [6.07, 6.45) is -4.72. The normalized spacial score (nSPS) is 12.7. The SMILES string of the molecule is O=c1cc(C(F)(F)F)nc(C[S@@](=O)Cc2ccc(-c3ccccc3)cc2)[nH]1. The van der Waals surface area contributed by atoms with E-state index in [9.17, 15) is 22.2 Å². The second-order valence-corrected chi connectivity index (χ2v) is 7.32. The minimum absolute atomic E-state index is 0.148. The molecule has 0 saturated heterocycles. The highest BCUT2D eigenvalue weighted by Crippen LogP contribution is 2.26. The highest BCUT2D eigenvalue weighted by molar-refractivity contribution is 7.83. The predicted molar refractivity (Wildman–Crippen MR) is 97.3 cm³/mol. The van der Waals surface area contributed by atoms with Gasteiger partial charge in [0.05, 0.1) is 5.75 Å². The Kier molecular flexibility index (Phi) is 5.55. The van der Waals surface area contributed by atoms with Gasteiger partial charge in [-0.15, -0.1) is 0 Å². The summed E-state index contributed by atoms with van der Waals surface area (Å²) in [6, 6.07) is 17.6. The van der Waals surface area contributed by atoms with E-state index in [4.69, 9.17) is 0 Å². The molecule has 0 saturated carbocycles. The van der Waals surface area contributed by atoms with Crippen LogP contribution >= 0.6 is 0 Å². The number of aromatic nitrogens is 2. The number of halogens is 3. The summed E-state index contributed by atoms with van der Waals surface area (Å²) in [5.41, 5.74) is 0.634. The third-order valence-electron chi connectivity index (χ3n) is 3.77. The van der Waals surface area contributed by atoms with Gasteiger partial charge in [0.2, 0.25) is 0 Å². The van der Waals surface area contributed by atoms with E-state index in [-0.39, 0.29) is 17.3 Å². The number of hydrogen-bond acceptors (Lipinski definition) is 3. The van der Waals surface area contributed by atoms with E-state index in [1.807, 2.05) is 54.6 Å². The quantitative estimate of drug-likeness (QED) is 0.716. The highest BCUT2D eigenvalue weighted by atomic mass is 32.2. The third kappa shape index (κ3) is 5.13. The van der Waals surface area contributed by atoms with E-state index in [2.05, 4.69) is 9.97 Å². The number of nitrogens with zero attached hydrogens (tertiary/aromatic N) is 1. The van der Waals surface area contributed by atoms with Gasteiger partial charge in [0.15, 0.2) is 5.69 Å². The van der Waals surface area contributed by atoms with Gasteiger partial charge in [0, 0.05) is 22.6 Å². The molecule has 0 fully saturated rings. The van der Waals surface area contributed by atoms with Gasteiger partial charge in [0.25, 0.3) is 5.56 Å². The molecule has 2 aromatic carbocycles. The van der Waals surface area contributed by atoms with Gasteiger partial charge < -0.3 is 4.98 Å². The maximum absolute atomic E-state index is 12.7. The molecule has 0 bridgehead atoms. The van der Waals surface area contributed by atoms with Crippen LogP contribution in [0.25, 0.3) is 11.1 Å². The third-order valence-corrected chi connectivity index (χ3v) is 5.02. The molecule has 4 nitrogen and oxygen atoms in total. The Morgan fingerprint density at radius 1 is 0.926 bits per heavy atom. The first-order valence-electron chi connectivity index (χ1n) is 7.98. The van der Waals surface area contributed by atoms with Crippen molar-refractivity contribution in [1.82, 2.24) is 9.97 Å². The van der Waals surface area contributed by atoms with Crippen molar-refractivity contribution >= 4 is 10.8 Å². The van der Waals surface area contributed by atoms with E-state index >= 15 is 0 Å². The van der Waals surface area contributed by atoms with Crippen molar-refractivity contribution in [1.29, 1.82) is 0 Å². The Balaban J connectivity index is 1.69. The molecule has 0 radical (unpaired) electrons. The van der Waals surface area contributed by atoms with E-state index in [0.717, 1.165) is 16.7 Å². The van der Waals surface area contributed by atoms with Gasteiger partial charge in [-0.2, -0.15) is 13.2 Å². The summed E-state index contributed by atoms with van der Waals surface area (Å²) in [7, 11) is -1.52. The lowest BCUT2D eigenvalue weighted by Crippen LogP contribution is -2.19. The van der Waals surface area contributed by atoms with Crippen LogP contribution in [0.5, 0.6) is 0 Å². The Bertz CT molecular complexity index is 1000. The maximum Gasteiger partial charge on any atom is 0.433 e. The number of nitrogens with one attached hydrogen (secondary N) is 1. The first kappa shape index (κ1) is 19.0. The Hall–Kier alpha value is -2.74. The van der Waals surface area contributed by atoms with Crippen molar-refractivity contribution in [3.05, 3.63) is 88.1 Å². The van der Waals surface area contributed by atoms with Crippen LogP contribution in [0.2, 0.25) is 0 Å². The monoisotopic (exact) mass is 392 g/mol. The van der Waals surface area contributed by atoms with Crippen LogP contribution < -0.4 is 5.56 Å². The molecular formula is C19H15F3N2O2S. The van der Waals surface area contributed by atoms with Gasteiger partial charge in [-0.05, 0) is 16.7 Å². The molecule has 1 aromatic heterocycles. The number of H-pyrrole nitrogens is 1. The highest BCUT2D eigenvalue weighted by Gasteiger charge is 2.33. The molecular weight excluding hydrogens is 377 g/mol. The second-order valence-electron chi connectivity index (χ2n) is 5.87. The van der Waals surface area contributed by atoms with Crippen molar-refractivity contribution in [2.45, 2.75) is 17.7 Å². The summed E-state index contributed by atoms with van der Waals surface area (Å²) >= 11 is 0. The van der Waals surface area contributed by atoms with Crippen LogP contribution in [0, 0.1) is 0 Å². The van der Waals surface area contributed by atoms with Gasteiger partial charge in [-0.25, -0.2) is 4.98 Å². The topological polar surface area (TPSA) is 62.8 Å². The van der Waals surface area contributed by atoms with Crippen LogP contribution in [-0.2, 0) is 28.5 Å². The lowest BCUT2D eigenvalue weighted by Gasteiger charge is -2.08. The van der Waals surface area contributed by atoms with Crippen molar-refractivity contribution in [3.8, 4) is 11.1 Å². The lowest BCUT2D eigenvalue weighted by atomic mass is 10.0. The summed E-state index contributed by atoms with van der Waals surface area (Å²) in [6.45, 7) is 0. The lowest BCUT2D eigenvalue weighted by molar-refractivity contribution is -0.141. The van der Waals surface area contributed by atoms with Crippen LogP contribution in [0.3, 0.4) is 0 Å². The molecule has 0 aliphatic carbocycles.